The van der Waals surface area contributed by atoms with Gasteiger partial charge in [-0.15, -0.1) is 11.3 Å². The van der Waals surface area contributed by atoms with Gasteiger partial charge in [-0.3, -0.25) is 14.5 Å². The molecular formula is C21H22BrFN4O4S. The minimum Gasteiger partial charge on any atom is -0.442 e. The summed E-state index contributed by atoms with van der Waals surface area (Å²) in [6.07, 6.45) is -1.05. The number of anilines is 2. The molecule has 1 atom stereocenters. The van der Waals surface area contributed by atoms with E-state index in [2.05, 4.69) is 21.2 Å². The van der Waals surface area contributed by atoms with Crippen molar-refractivity contribution in [2.45, 2.75) is 13.0 Å². The van der Waals surface area contributed by atoms with Crippen molar-refractivity contribution < 1.29 is 23.5 Å². The van der Waals surface area contributed by atoms with Crippen molar-refractivity contribution in [3.63, 3.8) is 0 Å². The van der Waals surface area contributed by atoms with Crippen LogP contribution < -0.4 is 15.1 Å². The summed E-state index contributed by atoms with van der Waals surface area (Å²) < 4.78 is 21.1. The van der Waals surface area contributed by atoms with Gasteiger partial charge in [-0.1, -0.05) is 0 Å². The number of nitrogens with zero attached hydrogens (tertiary/aromatic N) is 3. The molecule has 2 aromatic rings. The molecule has 8 nitrogen and oxygen atoms in total. The van der Waals surface area contributed by atoms with Crippen molar-refractivity contribution >= 4 is 56.5 Å². The van der Waals surface area contributed by atoms with E-state index in [0.29, 0.717) is 42.4 Å². The molecule has 0 radical (unpaired) electrons. The standard InChI is InChI=1S/C21H22BrFN4O4S/c1-13(28)24-11-15-12-27(21(30)31-15)14-2-3-17(16(23)10-14)25-6-8-26(9-7-25)20(29)18-4-5-19(22)32-18/h2-5,10,15H,6-9,11-12H2,1H3,(H,24,28)/t15-/m0/s1. The Morgan fingerprint density at radius 1 is 1.22 bits per heavy atom. The molecule has 1 N–H and O–H groups in total. The summed E-state index contributed by atoms with van der Waals surface area (Å²) in [7, 11) is 0. The highest BCUT2D eigenvalue weighted by molar-refractivity contribution is 9.11. The van der Waals surface area contributed by atoms with Crippen molar-refractivity contribution in [2.24, 2.45) is 0 Å². The van der Waals surface area contributed by atoms with Crippen LogP contribution in [0.4, 0.5) is 20.6 Å². The molecule has 3 amide bonds. The van der Waals surface area contributed by atoms with Crippen LogP contribution in [0, 0.1) is 5.82 Å². The number of benzene rings is 1. The Hall–Kier alpha value is -2.66. The minimum absolute atomic E-state index is 0.0162. The third-order valence-electron chi connectivity index (χ3n) is 5.39. The fourth-order valence-electron chi connectivity index (χ4n) is 3.75. The molecule has 0 aliphatic carbocycles. The zero-order valence-electron chi connectivity index (χ0n) is 17.3. The van der Waals surface area contributed by atoms with E-state index in [9.17, 15) is 18.8 Å². The van der Waals surface area contributed by atoms with E-state index in [-0.39, 0.29) is 24.9 Å². The number of carbonyl (C=O) groups excluding carboxylic acids is 3. The van der Waals surface area contributed by atoms with Gasteiger partial charge in [0.1, 0.15) is 11.9 Å². The van der Waals surface area contributed by atoms with E-state index in [1.165, 1.54) is 29.2 Å². The van der Waals surface area contributed by atoms with Crippen LogP contribution >= 0.6 is 27.3 Å². The molecule has 0 saturated carbocycles. The van der Waals surface area contributed by atoms with Gasteiger partial charge in [0.25, 0.3) is 5.91 Å². The van der Waals surface area contributed by atoms with Crippen LogP contribution in [0.1, 0.15) is 16.6 Å². The number of halogens is 2. The second-order valence-corrected chi connectivity index (χ2v) is 10.0. The summed E-state index contributed by atoms with van der Waals surface area (Å²) in [6.45, 7) is 3.86. The van der Waals surface area contributed by atoms with E-state index >= 15 is 0 Å². The first-order chi connectivity index (χ1) is 15.3. The first-order valence-electron chi connectivity index (χ1n) is 10.1. The molecule has 2 aliphatic heterocycles. The number of thiophene rings is 1. The van der Waals surface area contributed by atoms with Gasteiger partial charge in [-0.05, 0) is 46.3 Å². The fraction of sp³-hybridized carbons (Fsp3) is 0.381. The summed E-state index contributed by atoms with van der Waals surface area (Å²) in [4.78, 5) is 41.5. The zero-order chi connectivity index (χ0) is 22.8. The highest BCUT2D eigenvalue weighted by Gasteiger charge is 2.33. The molecule has 0 bridgehead atoms. The maximum atomic E-state index is 14.9. The lowest BCUT2D eigenvalue weighted by Gasteiger charge is -2.36. The van der Waals surface area contributed by atoms with Gasteiger partial charge in [0.05, 0.1) is 33.1 Å². The van der Waals surface area contributed by atoms with Crippen LogP contribution in [0.15, 0.2) is 34.1 Å². The first-order valence-corrected chi connectivity index (χ1v) is 11.7. The van der Waals surface area contributed by atoms with Crippen LogP contribution in [0.2, 0.25) is 0 Å². The predicted molar refractivity (Wildman–Crippen MR) is 123 cm³/mol. The summed E-state index contributed by atoms with van der Waals surface area (Å²) in [5.74, 6) is -0.667. The molecule has 11 heteroatoms. The smallest absolute Gasteiger partial charge is 0.414 e. The second kappa shape index (κ2) is 9.45. The number of hydrogen-bond acceptors (Lipinski definition) is 6. The van der Waals surface area contributed by atoms with Gasteiger partial charge in [-0.2, -0.15) is 0 Å². The summed E-state index contributed by atoms with van der Waals surface area (Å²) in [6, 6.07) is 8.29. The molecule has 4 rings (SSSR count). The van der Waals surface area contributed by atoms with Gasteiger partial charge >= 0.3 is 6.09 Å². The maximum absolute atomic E-state index is 14.9. The summed E-state index contributed by atoms with van der Waals surface area (Å²) in [5.41, 5.74) is 0.834. The van der Waals surface area contributed by atoms with Gasteiger partial charge in [0.15, 0.2) is 0 Å². The van der Waals surface area contributed by atoms with Crippen molar-refractivity contribution in [1.29, 1.82) is 0 Å². The lowest BCUT2D eigenvalue weighted by Crippen LogP contribution is -2.48. The number of piperazine rings is 1. The molecule has 1 aromatic heterocycles. The Morgan fingerprint density at radius 2 is 1.97 bits per heavy atom. The van der Waals surface area contributed by atoms with Gasteiger partial charge in [0.2, 0.25) is 5.91 Å². The average Bonchev–Trinajstić information content (AvgIpc) is 3.37. The Morgan fingerprint density at radius 3 is 2.59 bits per heavy atom. The highest BCUT2D eigenvalue weighted by Crippen LogP contribution is 2.29. The Bertz CT molecular complexity index is 1040. The normalized spacial score (nSPS) is 18.7. The predicted octanol–water partition coefficient (Wildman–Crippen LogP) is 3.07. The van der Waals surface area contributed by atoms with Crippen molar-refractivity contribution in [1.82, 2.24) is 10.2 Å². The van der Waals surface area contributed by atoms with E-state index in [1.807, 2.05) is 11.0 Å². The average molecular weight is 525 g/mol. The Balaban J connectivity index is 1.37. The van der Waals surface area contributed by atoms with E-state index in [1.54, 1.807) is 23.1 Å². The topological polar surface area (TPSA) is 82.2 Å². The lowest BCUT2D eigenvalue weighted by atomic mass is 10.2. The maximum Gasteiger partial charge on any atom is 0.414 e. The molecule has 32 heavy (non-hydrogen) atoms. The molecule has 170 valence electrons. The zero-order valence-corrected chi connectivity index (χ0v) is 19.7. The van der Waals surface area contributed by atoms with Crippen LogP contribution in [0.25, 0.3) is 0 Å². The highest BCUT2D eigenvalue weighted by atomic mass is 79.9. The molecule has 2 saturated heterocycles. The van der Waals surface area contributed by atoms with Crippen molar-refractivity contribution in [3.05, 3.63) is 44.8 Å². The van der Waals surface area contributed by atoms with Crippen LogP contribution in [0.5, 0.6) is 0 Å². The monoisotopic (exact) mass is 524 g/mol. The number of cyclic esters (lactones) is 1. The molecular weight excluding hydrogens is 503 g/mol. The summed E-state index contributed by atoms with van der Waals surface area (Å²) in [5, 5.41) is 2.61. The van der Waals surface area contributed by atoms with Gasteiger partial charge in [-0.25, -0.2) is 9.18 Å². The number of ether oxygens (including phenoxy) is 1. The van der Waals surface area contributed by atoms with E-state index in [4.69, 9.17) is 4.74 Å². The van der Waals surface area contributed by atoms with Crippen molar-refractivity contribution in [2.75, 3.05) is 49.1 Å². The number of hydrogen-bond donors (Lipinski definition) is 1. The number of rotatable bonds is 5. The quantitative estimate of drug-likeness (QED) is 0.649. The molecule has 0 unspecified atom stereocenters. The molecule has 3 heterocycles. The third-order valence-corrected chi connectivity index (χ3v) is 7.00. The lowest BCUT2D eigenvalue weighted by molar-refractivity contribution is -0.119. The Labute approximate surface area is 197 Å². The van der Waals surface area contributed by atoms with Gasteiger partial charge < -0.3 is 19.9 Å². The largest absolute Gasteiger partial charge is 0.442 e. The van der Waals surface area contributed by atoms with Crippen LogP contribution in [0.3, 0.4) is 0 Å². The summed E-state index contributed by atoms with van der Waals surface area (Å²) >= 11 is 4.77. The fourth-order valence-corrected chi connectivity index (χ4v) is 5.11. The molecule has 1 aromatic carbocycles. The first kappa shape index (κ1) is 22.5. The Kier molecular flexibility index (Phi) is 6.66. The van der Waals surface area contributed by atoms with Crippen LogP contribution in [-0.2, 0) is 9.53 Å². The number of carbonyl (C=O) groups is 3. The molecule has 2 aliphatic rings. The minimum atomic E-state index is -0.570. The van der Waals surface area contributed by atoms with Crippen molar-refractivity contribution in [3.8, 4) is 0 Å². The van der Waals surface area contributed by atoms with E-state index < -0.39 is 18.0 Å². The van der Waals surface area contributed by atoms with Crippen LogP contribution in [-0.4, -0.2) is 68.2 Å². The van der Waals surface area contributed by atoms with Gasteiger partial charge in [0, 0.05) is 33.1 Å². The third kappa shape index (κ3) is 4.88. The molecule has 0 spiro atoms. The molecule has 2 fully saturated rings. The number of nitrogens with one attached hydrogen (secondary N) is 1. The number of amides is 3. The van der Waals surface area contributed by atoms with E-state index in [0.717, 1.165) is 3.79 Å². The SMILES string of the molecule is CC(=O)NC[C@H]1CN(c2ccc(N3CCN(C(=O)c4ccc(Br)s4)CC3)c(F)c2)C(=O)O1. The second-order valence-electron chi connectivity index (χ2n) is 7.57.